The van der Waals surface area contributed by atoms with Crippen molar-refractivity contribution in [1.29, 1.82) is 0 Å². The Labute approximate surface area is 108 Å². The van der Waals surface area contributed by atoms with E-state index in [1.54, 1.807) is 6.20 Å². The molecule has 0 spiro atoms. The summed E-state index contributed by atoms with van der Waals surface area (Å²) in [7, 11) is 0. The molecule has 1 aromatic rings. The highest BCUT2D eigenvalue weighted by atomic mass is 35.5. The summed E-state index contributed by atoms with van der Waals surface area (Å²) in [5.41, 5.74) is 1.05. The van der Waals surface area contributed by atoms with Crippen molar-refractivity contribution in [3.8, 4) is 0 Å². The summed E-state index contributed by atoms with van der Waals surface area (Å²) in [5, 5.41) is 4.11. The summed E-state index contributed by atoms with van der Waals surface area (Å²) < 4.78 is 0. The molecule has 4 heteroatoms. The van der Waals surface area contributed by atoms with Crippen LogP contribution in [0.25, 0.3) is 0 Å². The molecule has 1 aliphatic rings. The molecule has 0 aliphatic carbocycles. The van der Waals surface area contributed by atoms with Crippen LogP contribution in [0.2, 0.25) is 5.02 Å². The highest BCUT2D eigenvalue weighted by Crippen LogP contribution is 2.07. The molecule has 2 rings (SSSR count). The molecular weight excluding hydrogens is 234 g/mol. The Morgan fingerprint density at radius 2 is 2.12 bits per heavy atom. The van der Waals surface area contributed by atoms with E-state index in [-0.39, 0.29) is 0 Å². The van der Waals surface area contributed by atoms with Gasteiger partial charge in [-0.1, -0.05) is 11.6 Å². The molecule has 1 fully saturated rings. The second-order valence-corrected chi connectivity index (χ2v) is 4.98. The van der Waals surface area contributed by atoms with E-state index in [1.165, 1.54) is 38.9 Å². The first-order valence-electron chi connectivity index (χ1n) is 6.38. The predicted molar refractivity (Wildman–Crippen MR) is 71.2 cm³/mol. The van der Waals surface area contributed by atoms with Crippen LogP contribution in [0.15, 0.2) is 18.3 Å². The average molecular weight is 254 g/mol. The number of hydrogen-bond acceptors (Lipinski definition) is 3. The van der Waals surface area contributed by atoms with Gasteiger partial charge in [-0.15, -0.1) is 0 Å². The van der Waals surface area contributed by atoms with Crippen LogP contribution < -0.4 is 5.32 Å². The van der Waals surface area contributed by atoms with Gasteiger partial charge < -0.3 is 10.2 Å². The maximum atomic E-state index is 5.78. The lowest BCUT2D eigenvalue weighted by Gasteiger charge is -2.14. The fraction of sp³-hybridized carbons (Fsp3) is 0.615. The molecule has 1 aromatic heterocycles. The molecule has 0 atom stereocenters. The molecular formula is C13H20ClN3. The Hall–Kier alpha value is -0.640. The number of nitrogens with one attached hydrogen (secondary N) is 1. The molecule has 17 heavy (non-hydrogen) atoms. The Bertz CT molecular complexity index is 320. The zero-order chi connectivity index (χ0) is 11.9. The van der Waals surface area contributed by atoms with E-state index >= 15 is 0 Å². The van der Waals surface area contributed by atoms with E-state index in [4.69, 9.17) is 11.6 Å². The third-order valence-corrected chi connectivity index (χ3v) is 3.34. The number of likely N-dealkylation sites (tertiary alicyclic amines) is 1. The standard InChI is InChI=1S/C13H20ClN3/c14-12-4-5-13(16-10-12)11-15-6-3-9-17-7-1-2-8-17/h4-5,10,15H,1-3,6-9,11H2. The van der Waals surface area contributed by atoms with Crippen LogP contribution in [0.4, 0.5) is 0 Å². The summed E-state index contributed by atoms with van der Waals surface area (Å²) in [6, 6.07) is 3.85. The van der Waals surface area contributed by atoms with Crippen molar-refractivity contribution in [2.75, 3.05) is 26.2 Å². The molecule has 1 N–H and O–H groups in total. The lowest BCUT2D eigenvalue weighted by molar-refractivity contribution is 0.331. The van der Waals surface area contributed by atoms with Crippen LogP contribution in [0.1, 0.15) is 25.0 Å². The lowest BCUT2D eigenvalue weighted by Crippen LogP contribution is -2.24. The first kappa shape index (κ1) is 12.8. The first-order valence-corrected chi connectivity index (χ1v) is 6.76. The fourth-order valence-electron chi connectivity index (χ4n) is 2.16. The van der Waals surface area contributed by atoms with Crippen molar-refractivity contribution in [2.24, 2.45) is 0 Å². The molecule has 2 heterocycles. The predicted octanol–water partition coefficient (Wildman–Crippen LogP) is 2.31. The third-order valence-electron chi connectivity index (χ3n) is 3.12. The average Bonchev–Trinajstić information content (AvgIpc) is 2.84. The number of hydrogen-bond donors (Lipinski definition) is 1. The number of rotatable bonds is 6. The maximum Gasteiger partial charge on any atom is 0.0589 e. The number of nitrogens with zero attached hydrogens (tertiary/aromatic N) is 2. The Balaban J connectivity index is 1.55. The van der Waals surface area contributed by atoms with Crippen LogP contribution in [0.3, 0.4) is 0 Å². The van der Waals surface area contributed by atoms with Gasteiger partial charge in [0.2, 0.25) is 0 Å². The SMILES string of the molecule is Clc1ccc(CNCCCN2CCCC2)nc1. The Morgan fingerprint density at radius 1 is 1.29 bits per heavy atom. The normalized spacial score (nSPS) is 16.5. The lowest BCUT2D eigenvalue weighted by atomic mass is 10.3. The maximum absolute atomic E-state index is 5.78. The minimum absolute atomic E-state index is 0.697. The zero-order valence-corrected chi connectivity index (χ0v) is 10.9. The second-order valence-electron chi connectivity index (χ2n) is 4.55. The van der Waals surface area contributed by atoms with Gasteiger partial charge in [0.25, 0.3) is 0 Å². The topological polar surface area (TPSA) is 28.2 Å². The van der Waals surface area contributed by atoms with Gasteiger partial charge in [-0.2, -0.15) is 0 Å². The molecule has 0 aromatic carbocycles. The summed E-state index contributed by atoms with van der Waals surface area (Å²) in [6.07, 6.45) is 5.67. The van der Waals surface area contributed by atoms with Gasteiger partial charge in [0.15, 0.2) is 0 Å². The van der Waals surface area contributed by atoms with Gasteiger partial charge in [-0.05, 0) is 57.6 Å². The quantitative estimate of drug-likeness (QED) is 0.789. The third kappa shape index (κ3) is 4.62. The number of pyridine rings is 1. The first-order chi connectivity index (χ1) is 8.34. The van der Waals surface area contributed by atoms with Crippen LogP contribution in [-0.2, 0) is 6.54 Å². The van der Waals surface area contributed by atoms with Gasteiger partial charge >= 0.3 is 0 Å². The van der Waals surface area contributed by atoms with Crippen molar-refractivity contribution < 1.29 is 0 Å². The number of aromatic nitrogens is 1. The van der Waals surface area contributed by atoms with E-state index in [0.29, 0.717) is 5.02 Å². The fourth-order valence-corrected chi connectivity index (χ4v) is 2.27. The summed E-state index contributed by atoms with van der Waals surface area (Å²) in [5.74, 6) is 0. The van der Waals surface area contributed by atoms with Crippen LogP contribution in [0, 0.1) is 0 Å². The van der Waals surface area contributed by atoms with E-state index < -0.39 is 0 Å². The smallest absolute Gasteiger partial charge is 0.0589 e. The summed E-state index contributed by atoms with van der Waals surface area (Å²) in [6.45, 7) is 5.69. The molecule has 0 unspecified atom stereocenters. The van der Waals surface area contributed by atoms with Crippen molar-refractivity contribution in [3.05, 3.63) is 29.0 Å². The Morgan fingerprint density at radius 3 is 2.82 bits per heavy atom. The largest absolute Gasteiger partial charge is 0.311 e. The molecule has 3 nitrogen and oxygen atoms in total. The van der Waals surface area contributed by atoms with Gasteiger partial charge in [0.1, 0.15) is 0 Å². The van der Waals surface area contributed by atoms with E-state index in [2.05, 4.69) is 15.2 Å². The zero-order valence-electron chi connectivity index (χ0n) is 10.2. The van der Waals surface area contributed by atoms with Gasteiger partial charge in [0, 0.05) is 12.7 Å². The van der Waals surface area contributed by atoms with E-state index in [0.717, 1.165) is 18.8 Å². The Kier molecular flexibility index (Phi) is 5.23. The monoisotopic (exact) mass is 253 g/mol. The molecule has 1 saturated heterocycles. The summed E-state index contributed by atoms with van der Waals surface area (Å²) >= 11 is 5.78. The van der Waals surface area contributed by atoms with Crippen molar-refractivity contribution in [3.63, 3.8) is 0 Å². The van der Waals surface area contributed by atoms with Crippen LogP contribution in [-0.4, -0.2) is 36.1 Å². The molecule has 1 aliphatic heterocycles. The second kappa shape index (κ2) is 6.94. The molecule has 94 valence electrons. The molecule has 0 saturated carbocycles. The van der Waals surface area contributed by atoms with Gasteiger partial charge in [-0.25, -0.2) is 0 Å². The molecule has 0 bridgehead atoms. The number of halogens is 1. The van der Waals surface area contributed by atoms with Crippen molar-refractivity contribution in [2.45, 2.75) is 25.8 Å². The van der Waals surface area contributed by atoms with Crippen LogP contribution in [0.5, 0.6) is 0 Å². The van der Waals surface area contributed by atoms with Crippen molar-refractivity contribution >= 4 is 11.6 Å². The van der Waals surface area contributed by atoms with E-state index in [1.807, 2.05) is 12.1 Å². The van der Waals surface area contributed by atoms with E-state index in [9.17, 15) is 0 Å². The molecule has 0 amide bonds. The highest BCUT2D eigenvalue weighted by Gasteiger charge is 2.09. The molecule has 0 radical (unpaired) electrons. The van der Waals surface area contributed by atoms with Gasteiger partial charge in [-0.3, -0.25) is 4.98 Å². The minimum atomic E-state index is 0.697. The highest BCUT2D eigenvalue weighted by molar-refractivity contribution is 6.30. The summed E-state index contributed by atoms with van der Waals surface area (Å²) in [4.78, 5) is 6.79. The van der Waals surface area contributed by atoms with Crippen LogP contribution >= 0.6 is 11.6 Å². The minimum Gasteiger partial charge on any atom is -0.311 e. The van der Waals surface area contributed by atoms with Crippen molar-refractivity contribution in [1.82, 2.24) is 15.2 Å². The van der Waals surface area contributed by atoms with Gasteiger partial charge in [0.05, 0.1) is 10.7 Å².